The summed E-state index contributed by atoms with van der Waals surface area (Å²) in [6.07, 6.45) is 8.26. The third-order valence-electron chi connectivity index (χ3n) is 5.83. The molecule has 1 unspecified atom stereocenters. The van der Waals surface area contributed by atoms with Gasteiger partial charge in [-0.25, -0.2) is 0 Å². The van der Waals surface area contributed by atoms with E-state index in [-0.39, 0.29) is 36.2 Å². The Morgan fingerprint density at radius 2 is 1.67 bits per heavy atom. The van der Waals surface area contributed by atoms with Crippen molar-refractivity contribution >= 4 is 24.2 Å². The highest BCUT2D eigenvalue weighted by Crippen LogP contribution is 2.28. The van der Waals surface area contributed by atoms with Gasteiger partial charge in [0.25, 0.3) is 0 Å². The molecule has 2 aliphatic carbocycles. The predicted octanol–water partition coefficient (Wildman–Crippen LogP) is 2.09. The molecule has 0 aromatic carbocycles. The molecule has 24 heavy (non-hydrogen) atoms. The van der Waals surface area contributed by atoms with Gasteiger partial charge in [-0.15, -0.1) is 12.4 Å². The highest BCUT2D eigenvalue weighted by molar-refractivity contribution is 5.85. The van der Waals surface area contributed by atoms with Gasteiger partial charge in [0.05, 0.1) is 0 Å². The van der Waals surface area contributed by atoms with Gasteiger partial charge in [0.1, 0.15) is 0 Å². The largest absolute Gasteiger partial charge is 0.353 e. The minimum absolute atomic E-state index is 0. The number of carbonyl (C=O) groups is 2. The van der Waals surface area contributed by atoms with E-state index in [0.29, 0.717) is 11.9 Å². The summed E-state index contributed by atoms with van der Waals surface area (Å²) in [5, 5.41) is 6.62. The van der Waals surface area contributed by atoms with Crippen LogP contribution in [0.2, 0.25) is 0 Å². The third kappa shape index (κ3) is 4.85. The number of nitrogens with zero attached hydrogens (tertiary/aromatic N) is 1. The number of carbonyl (C=O) groups excluding carboxylic acids is 2. The second-order valence-corrected chi connectivity index (χ2v) is 7.68. The van der Waals surface area contributed by atoms with Gasteiger partial charge in [0, 0.05) is 43.6 Å². The Hall–Kier alpha value is -0.810. The first-order valence-corrected chi connectivity index (χ1v) is 9.46. The molecule has 2 N–H and O–H groups in total. The van der Waals surface area contributed by atoms with E-state index in [4.69, 9.17) is 0 Å². The number of hydrogen-bond acceptors (Lipinski definition) is 3. The molecule has 3 fully saturated rings. The first kappa shape index (κ1) is 19.5. The summed E-state index contributed by atoms with van der Waals surface area (Å²) in [4.78, 5) is 26.9. The molecular weight excluding hydrogens is 326 g/mol. The van der Waals surface area contributed by atoms with Gasteiger partial charge >= 0.3 is 0 Å². The fraction of sp³-hybridized carbons (Fsp3) is 0.889. The quantitative estimate of drug-likeness (QED) is 0.813. The topological polar surface area (TPSA) is 61.4 Å². The maximum Gasteiger partial charge on any atom is 0.225 e. The molecule has 1 saturated heterocycles. The SMILES string of the molecule is CC1CN(C(=O)C2CCC(NC(=O)C3CCCC3)CC2)CCN1.Cl. The van der Waals surface area contributed by atoms with Crippen molar-refractivity contribution in [2.24, 2.45) is 11.8 Å². The Bertz CT molecular complexity index is 432. The van der Waals surface area contributed by atoms with Crippen LogP contribution < -0.4 is 10.6 Å². The highest BCUT2D eigenvalue weighted by atomic mass is 35.5. The van der Waals surface area contributed by atoms with E-state index in [0.717, 1.165) is 58.2 Å². The Morgan fingerprint density at radius 3 is 2.29 bits per heavy atom. The van der Waals surface area contributed by atoms with E-state index < -0.39 is 0 Å². The van der Waals surface area contributed by atoms with Gasteiger partial charge in [-0.1, -0.05) is 12.8 Å². The summed E-state index contributed by atoms with van der Waals surface area (Å²) in [6, 6.07) is 0.684. The van der Waals surface area contributed by atoms with Crippen LogP contribution in [0.15, 0.2) is 0 Å². The predicted molar refractivity (Wildman–Crippen MR) is 97.1 cm³/mol. The standard InChI is InChI=1S/C18H31N3O2.ClH/c1-13-12-21(11-10-19-13)18(23)15-6-8-16(9-7-15)20-17(22)14-4-2-3-5-14;/h13-16,19H,2-12H2,1H3,(H,20,22);1H. The zero-order valence-electron chi connectivity index (χ0n) is 14.8. The van der Waals surface area contributed by atoms with Crippen molar-refractivity contribution in [3.63, 3.8) is 0 Å². The van der Waals surface area contributed by atoms with Gasteiger partial charge in [-0.2, -0.15) is 0 Å². The molecule has 0 radical (unpaired) electrons. The van der Waals surface area contributed by atoms with Crippen LogP contribution in [0.3, 0.4) is 0 Å². The number of halogens is 1. The Morgan fingerprint density at radius 1 is 1.00 bits per heavy atom. The van der Waals surface area contributed by atoms with E-state index >= 15 is 0 Å². The second-order valence-electron chi connectivity index (χ2n) is 7.68. The van der Waals surface area contributed by atoms with Crippen LogP contribution in [0.5, 0.6) is 0 Å². The second kappa shape index (κ2) is 9.04. The lowest BCUT2D eigenvalue weighted by Gasteiger charge is -2.36. The maximum absolute atomic E-state index is 12.6. The molecule has 2 amide bonds. The molecule has 0 aromatic rings. The number of amides is 2. The van der Waals surface area contributed by atoms with Crippen LogP contribution >= 0.6 is 12.4 Å². The van der Waals surface area contributed by atoms with Gasteiger partial charge < -0.3 is 15.5 Å². The van der Waals surface area contributed by atoms with E-state index in [1.807, 2.05) is 4.90 Å². The van der Waals surface area contributed by atoms with Crippen LogP contribution in [-0.2, 0) is 9.59 Å². The monoisotopic (exact) mass is 357 g/mol. The molecule has 3 aliphatic rings. The molecule has 1 aliphatic heterocycles. The molecule has 6 heteroatoms. The third-order valence-corrected chi connectivity index (χ3v) is 5.83. The van der Waals surface area contributed by atoms with Crippen molar-refractivity contribution in [2.45, 2.75) is 70.4 Å². The average molecular weight is 358 g/mol. The first-order chi connectivity index (χ1) is 11.1. The Balaban J connectivity index is 0.00000208. The lowest BCUT2D eigenvalue weighted by molar-refractivity contribution is -0.137. The molecular formula is C18H32ClN3O2. The summed E-state index contributed by atoms with van der Waals surface area (Å²) in [6.45, 7) is 4.70. The van der Waals surface area contributed by atoms with E-state index in [2.05, 4.69) is 17.6 Å². The molecule has 0 aromatic heterocycles. The fourth-order valence-electron chi connectivity index (χ4n) is 4.38. The Labute approximate surface area is 151 Å². The zero-order chi connectivity index (χ0) is 16.2. The number of nitrogens with one attached hydrogen (secondary N) is 2. The van der Waals surface area contributed by atoms with Crippen molar-refractivity contribution in [1.29, 1.82) is 0 Å². The van der Waals surface area contributed by atoms with Crippen LogP contribution in [0.1, 0.15) is 58.3 Å². The summed E-state index contributed by atoms with van der Waals surface area (Å²) >= 11 is 0. The fourth-order valence-corrected chi connectivity index (χ4v) is 4.38. The summed E-state index contributed by atoms with van der Waals surface area (Å²) in [7, 11) is 0. The highest BCUT2D eigenvalue weighted by Gasteiger charge is 2.32. The molecule has 5 nitrogen and oxygen atoms in total. The number of piperazine rings is 1. The van der Waals surface area contributed by atoms with Crippen molar-refractivity contribution < 1.29 is 9.59 Å². The zero-order valence-corrected chi connectivity index (χ0v) is 15.6. The van der Waals surface area contributed by atoms with Crippen LogP contribution in [0.4, 0.5) is 0 Å². The van der Waals surface area contributed by atoms with Crippen molar-refractivity contribution in [3.8, 4) is 0 Å². The molecule has 3 rings (SSSR count). The van der Waals surface area contributed by atoms with Crippen molar-refractivity contribution in [1.82, 2.24) is 15.5 Å². The normalized spacial score (nSPS) is 31.4. The average Bonchev–Trinajstić information content (AvgIpc) is 3.09. The summed E-state index contributed by atoms with van der Waals surface area (Å²) in [5.74, 6) is 1.00. The molecule has 2 saturated carbocycles. The van der Waals surface area contributed by atoms with Crippen LogP contribution in [0, 0.1) is 11.8 Å². The van der Waals surface area contributed by atoms with Crippen molar-refractivity contribution in [2.75, 3.05) is 19.6 Å². The van der Waals surface area contributed by atoms with E-state index in [1.165, 1.54) is 12.8 Å². The Kier molecular flexibility index (Phi) is 7.35. The van der Waals surface area contributed by atoms with Gasteiger partial charge in [0.2, 0.25) is 11.8 Å². The van der Waals surface area contributed by atoms with E-state index in [9.17, 15) is 9.59 Å². The smallest absolute Gasteiger partial charge is 0.225 e. The van der Waals surface area contributed by atoms with E-state index in [1.54, 1.807) is 0 Å². The minimum Gasteiger partial charge on any atom is -0.353 e. The lowest BCUT2D eigenvalue weighted by atomic mass is 9.84. The minimum atomic E-state index is 0. The summed E-state index contributed by atoms with van der Waals surface area (Å²) < 4.78 is 0. The molecule has 1 atom stereocenters. The van der Waals surface area contributed by atoms with Gasteiger partial charge in [0.15, 0.2) is 0 Å². The summed E-state index contributed by atoms with van der Waals surface area (Å²) in [5.41, 5.74) is 0. The molecule has 138 valence electrons. The van der Waals surface area contributed by atoms with Crippen LogP contribution in [-0.4, -0.2) is 48.4 Å². The number of hydrogen-bond donors (Lipinski definition) is 2. The maximum atomic E-state index is 12.6. The van der Waals surface area contributed by atoms with Crippen LogP contribution in [0.25, 0.3) is 0 Å². The lowest BCUT2D eigenvalue weighted by Crippen LogP contribution is -2.53. The molecule has 1 heterocycles. The van der Waals surface area contributed by atoms with Crippen molar-refractivity contribution in [3.05, 3.63) is 0 Å². The molecule has 0 spiro atoms. The van der Waals surface area contributed by atoms with Gasteiger partial charge in [-0.05, 0) is 45.4 Å². The molecule has 0 bridgehead atoms. The van der Waals surface area contributed by atoms with Gasteiger partial charge in [-0.3, -0.25) is 9.59 Å². The number of rotatable bonds is 3. The first-order valence-electron chi connectivity index (χ1n) is 9.46.